The van der Waals surface area contributed by atoms with Crippen LogP contribution in [0, 0.1) is 11.3 Å². The highest BCUT2D eigenvalue weighted by molar-refractivity contribution is 6.05. The van der Waals surface area contributed by atoms with Gasteiger partial charge in [-0.3, -0.25) is 9.69 Å². The molecule has 1 saturated heterocycles. The molecule has 1 amide bonds. The second-order valence-corrected chi connectivity index (χ2v) is 6.61. The Labute approximate surface area is 162 Å². The van der Waals surface area contributed by atoms with Crippen LogP contribution in [0.4, 0.5) is 5.69 Å². The summed E-state index contributed by atoms with van der Waals surface area (Å²) in [6.45, 7) is 5.06. The van der Waals surface area contributed by atoms with E-state index in [1.807, 2.05) is 10.7 Å². The number of benzene rings is 2. The van der Waals surface area contributed by atoms with E-state index in [9.17, 15) is 4.79 Å². The molecule has 1 fully saturated rings. The smallest absolute Gasteiger partial charge is 0.255 e. The zero-order chi connectivity index (χ0) is 19.3. The van der Waals surface area contributed by atoms with E-state index in [1.54, 1.807) is 36.4 Å². The van der Waals surface area contributed by atoms with Crippen molar-refractivity contribution in [2.24, 2.45) is 0 Å². The molecule has 0 atom stereocenters. The monoisotopic (exact) mass is 376 g/mol. The third-order valence-electron chi connectivity index (χ3n) is 4.78. The fourth-order valence-corrected chi connectivity index (χ4v) is 3.17. The van der Waals surface area contributed by atoms with Crippen molar-refractivity contribution in [1.82, 2.24) is 19.9 Å². The van der Waals surface area contributed by atoms with Gasteiger partial charge in [-0.1, -0.05) is 5.21 Å². The summed E-state index contributed by atoms with van der Waals surface area (Å²) in [6, 6.07) is 14.2. The molecular weight excluding hydrogens is 356 g/mol. The fourth-order valence-electron chi connectivity index (χ4n) is 3.17. The van der Waals surface area contributed by atoms with Crippen molar-refractivity contribution in [3.8, 4) is 6.07 Å². The molecule has 2 aromatic carbocycles. The van der Waals surface area contributed by atoms with Gasteiger partial charge in [0.1, 0.15) is 5.52 Å². The van der Waals surface area contributed by atoms with Crippen molar-refractivity contribution < 1.29 is 9.53 Å². The second kappa shape index (κ2) is 8.17. The number of carbonyl (C=O) groups is 1. The molecule has 8 nitrogen and oxygen atoms in total. The van der Waals surface area contributed by atoms with Crippen LogP contribution in [0.3, 0.4) is 0 Å². The van der Waals surface area contributed by atoms with Gasteiger partial charge in [-0.05, 0) is 42.5 Å². The largest absolute Gasteiger partial charge is 0.379 e. The van der Waals surface area contributed by atoms with Crippen LogP contribution in [0.25, 0.3) is 11.0 Å². The molecule has 0 bridgehead atoms. The summed E-state index contributed by atoms with van der Waals surface area (Å²) in [4.78, 5) is 14.8. The maximum absolute atomic E-state index is 12.5. The van der Waals surface area contributed by atoms with Crippen LogP contribution in [0.1, 0.15) is 15.9 Å². The van der Waals surface area contributed by atoms with E-state index in [4.69, 9.17) is 10.00 Å². The Morgan fingerprint density at radius 2 is 1.93 bits per heavy atom. The Bertz CT molecular complexity index is 1020. The molecule has 1 aromatic heterocycles. The van der Waals surface area contributed by atoms with Crippen LogP contribution in [0.5, 0.6) is 0 Å². The predicted octanol–water partition coefficient (Wildman–Crippen LogP) is 1.89. The lowest BCUT2D eigenvalue weighted by atomic mass is 10.1. The van der Waals surface area contributed by atoms with Gasteiger partial charge >= 0.3 is 0 Å². The number of aromatic nitrogens is 3. The van der Waals surface area contributed by atoms with Gasteiger partial charge < -0.3 is 10.1 Å². The van der Waals surface area contributed by atoms with Gasteiger partial charge in [-0.25, -0.2) is 4.68 Å². The Kier molecular flexibility index (Phi) is 5.28. The number of nitriles is 1. The normalized spacial score (nSPS) is 14.7. The topological polar surface area (TPSA) is 96.1 Å². The maximum Gasteiger partial charge on any atom is 0.255 e. The minimum Gasteiger partial charge on any atom is -0.379 e. The molecule has 142 valence electrons. The summed E-state index contributed by atoms with van der Waals surface area (Å²) in [6.07, 6.45) is 0. The van der Waals surface area contributed by atoms with Crippen LogP contribution >= 0.6 is 0 Å². The molecular formula is C20H20N6O2. The lowest BCUT2D eigenvalue weighted by Gasteiger charge is -2.26. The average Bonchev–Trinajstić information content (AvgIpc) is 3.16. The molecule has 1 N–H and O–H groups in total. The maximum atomic E-state index is 12.5. The fraction of sp³-hybridized carbons (Fsp3) is 0.300. The number of morpholine rings is 1. The quantitative estimate of drug-likeness (QED) is 0.730. The van der Waals surface area contributed by atoms with Gasteiger partial charge in [0.25, 0.3) is 5.91 Å². The van der Waals surface area contributed by atoms with E-state index in [1.165, 1.54) is 0 Å². The number of hydrogen-bond donors (Lipinski definition) is 1. The number of nitrogens with zero attached hydrogens (tertiary/aromatic N) is 5. The first-order chi connectivity index (χ1) is 13.7. The van der Waals surface area contributed by atoms with Gasteiger partial charge in [0.05, 0.1) is 36.9 Å². The molecule has 1 aliphatic heterocycles. The van der Waals surface area contributed by atoms with E-state index in [0.29, 0.717) is 22.3 Å². The van der Waals surface area contributed by atoms with Gasteiger partial charge in [0.2, 0.25) is 0 Å². The molecule has 8 heteroatoms. The molecule has 0 spiro atoms. The Hall–Kier alpha value is -3.28. The summed E-state index contributed by atoms with van der Waals surface area (Å²) in [7, 11) is 0. The Morgan fingerprint density at radius 1 is 1.14 bits per heavy atom. The number of hydrogen-bond acceptors (Lipinski definition) is 6. The first kappa shape index (κ1) is 18.1. The van der Waals surface area contributed by atoms with Crippen molar-refractivity contribution in [3.63, 3.8) is 0 Å². The van der Waals surface area contributed by atoms with Gasteiger partial charge in [0, 0.05) is 30.9 Å². The number of carbonyl (C=O) groups excluding carboxylic acids is 1. The predicted molar refractivity (Wildman–Crippen MR) is 104 cm³/mol. The van der Waals surface area contributed by atoms with Gasteiger partial charge in [0.15, 0.2) is 0 Å². The molecule has 0 radical (unpaired) electrons. The number of nitrogens with one attached hydrogen (secondary N) is 1. The van der Waals surface area contributed by atoms with Crippen molar-refractivity contribution in [2.45, 2.75) is 6.54 Å². The number of rotatable bonds is 5. The van der Waals surface area contributed by atoms with Gasteiger partial charge in [-0.2, -0.15) is 5.26 Å². The minimum absolute atomic E-state index is 0.227. The summed E-state index contributed by atoms with van der Waals surface area (Å²) in [5.74, 6) is -0.227. The van der Waals surface area contributed by atoms with Crippen molar-refractivity contribution in [3.05, 3.63) is 53.6 Å². The standard InChI is InChI=1S/C20H20N6O2/c21-14-15-1-4-17(5-2-15)22-20(27)16-3-6-19-18(13-16)23-24-26(19)8-7-25-9-11-28-12-10-25/h1-6,13H,7-12H2,(H,22,27). The molecule has 28 heavy (non-hydrogen) atoms. The summed E-state index contributed by atoms with van der Waals surface area (Å²) in [5, 5.41) is 20.1. The van der Waals surface area contributed by atoms with E-state index >= 15 is 0 Å². The third kappa shape index (κ3) is 4.01. The van der Waals surface area contributed by atoms with Crippen LogP contribution < -0.4 is 5.32 Å². The zero-order valence-electron chi connectivity index (χ0n) is 15.3. The second-order valence-electron chi connectivity index (χ2n) is 6.61. The van der Waals surface area contributed by atoms with E-state index in [-0.39, 0.29) is 5.91 Å². The third-order valence-corrected chi connectivity index (χ3v) is 4.78. The van der Waals surface area contributed by atoms with Crippen LogP contribution in [-0.2, 0) is 11.3 Å². The lowest BCUT2D eigenvalue weighted by molar-refractivity contribution is 0.0360. The number of amides is 1. The van der Waals surface area contributed by atoms with E-state index in [2.05, 4.69) is 26.6 Å². The van der Waals surface area contributed by atoms with Crippen LogP contribution in [0.15, 0.2) is 42.5 Å². The Balaban J connectivity index is 1.44. The van der Waals surface area contributed by atoms with Crippen LogP contribution in [-0.4, -0.2) is 58.6 Å². The highest BCUT2D eigenvalue weighted by atomic mass is 16.5. The minimum atomic E-state index is -0.227. The molecule has 0 unspecified atom stereocenters. The van der Waals surface area contributed by atoms with Crippen LogP contribution in [0.2, 0.25) is 0 Å². The molecule has 0 saturated carbocycles. The molecule has 0 aliphatic carbocycles. The van der Waals surface area contributed by atoms with Crippen molar-refractivity contribution in [1.29, 1.82) is 5.26 Å². The van der Waals surface area contributed by atoms with E-state index in [0.717, 1.165) is 44.9 Å². The van der Waals surface area contributed by atoms with Crippen molar-refractivity contribution >= 4 is 22.6 Å². The zero-order valence-corrected chi connectivity index (χ0v) is 15.3. The highest BCUT2D eigenvalue weighted by Crippen LogP contribution is 2.16. The van der Waals surface area contributed by atoms with Crippen molar-refractivity contribution in [2.75, 3.05) is 38.2 Å². The number of fused-ring (bicyclic) bond motifs is 1. The number of anilines is 1. The molecule has 1 aliphatic rings. The molecule has 2 heterocycles. The lowest BCUT2D eigenvalue weighted by Crippen LogP contribution is -2.38. The molecule has 4 rings (SSSR count). The van der Waals surface area contributed by atoms with E-state index < -0.39 is 0 Å². The summed E-state index contributed by atoms with van der Waals surface area (Å²) in [5.41, 5.74) is 3.29. The summed E-state index contributed by atoms with van der Waals surface area (Å²) >= 11 is 0. The first-order valence-electron chi connectivity index (χ1n) is 9.18. The SMILES string of the molecule is N#Cc1ccc(NC(=O)c2ccc3c(c2)nnn3CCN2CCOCC2)cc1. The summed E-state index contributed by atoms with van der Waals surface area (Å²) < 4.78 is 7.24. The number of ether oxygens (including phenoxy) is 1. The highest BCUT2D eigenvalue weighted by Gasteiger charge is 2.13. The van der Waals surface area contributed by atoms with Gasteiger partial charge in [-0.15, -0.1) is 5.10 Å². The first-order valence-corrected chi connectivity index (χ1v) is 9.18. The molecule has 3 aromatic rings. The average molecular weight is 376 g/mol. The Morgan fingerprint density at radius 3 is 2.68 bits per heavy atom.